The summed E-state index contributed by atoms with van der Waals surface area (Å²) in [6, 6.07) is 0. The zero-order valence-electron chi connectivity index (χ0n) is 19.6. The zero-order chi connectivity index (χ0) is 26.2. The molecule has 1 amide bonds. The first-order valence-electron chi connectivity index (χ1n) is 10.1. The van der Waals surface area contributed by atoms with E-state index in [0.717, 1.165) is 30.5 Å². The maximum absolute atomic E-state index is 11.6. The second-order valence-corrected chi connectivity index (χ2v) is 15.6. The van der Waals surface area contributed by atoms with Gasteiger partial charge in [0.1, 0.15) is 11.9 Å². The number of aliphatic imine (C=N–C) groups is 2. The van der Waals surface area contributed by atoms with Gasteiger partial charge in [-0.1, -0.05) is 0 Å². The quantitative estimate of drug-likeness (QED) is 0.0187. The highest BCUT2D eigenvalue weighted by Gasteiger charge is 2.01. The molecule has 0 aliphatic rings. The van der Waals surface area contributed by atoms with E-state index < -0.39 is 0 Å². The minimum Gasteiger partial charge on any atom is -0.438 e. The maximum atomic E-state index is 11.6. The largest absolute Gasteiger partial charge is 0.438 e. The van der Waals surface area contributed by atoms with E-state index in [1.807, 2.05) is 23.5 Å². The van der Waals surface area contributed by atoms with Gasteiger partial charge in [0.25, 0.3) is 0 Å². The lowest BCUT2D eigenvalue weighted by atomic mass is 10.5. The molecule has 10 nitrogen and oxygen atoms in total. The molecule has 0 rings (SSSR count). The Morgan fingerprint density at radius 3 is 2.14 bits per heavy atom. The summed E-state index contributed by atoms with van der Waals surface area (Å²) in [5.41, 5.74) is 0. The number of carbonyl (C=O) groups excluding carboxylic acids is 1. The maximum Gasteiger partial charge on any atom is 0.408 e. The summed E-state index contributed by atoms with van der Waals surface area (Å²) < 4.78 is 5.14. The van der Waals surface area contributed by atoms with Crippen LogP contribution >= 0.6 is 107 Å². The molecule has 2 N–H and O–H groups in total. The smallest absolute Gasteiger partial charge is 0.408 e. The zero-order valence-corrected chi connectivity index (χ0v) is 27.0. The van der Waals surface area contributed by atoms with E-state index in [1.165, 1.54) is 12.8 Å². The fourth-order valence-corrected chi connectivity index (χ4v) is 9.67. The third-order valence-electron chi connectivity index (χ3n) is 2.73. The normalized spacial score (nSPS) is 11.4. The van der Waals surface area contributed by atoms with E-state index in [1.54, 1.807) is 70.6 Å². The number of hydrogen-bond acceptors (Lipinski definition) is 18. The first-order chi connectivity index (χ1) is 17.8. The molecule has 0 saturated heterocycles. The van der Waals surface area contributed by atoms with Crippen molar-refractivity contribution < 1.29 is 34.2 Å². The van der Waals surface area contributed by atoms with Crippen molar-refractivity contribution >= 4 is 126 Å². The van der Waals surface area contributed by atoms with Gasteiger partial charge in [-0.3, -0.25) is 0 Å². The Bertz CT molecular complexity index is 532. The number of ether oxygens (including phenoxy) is 1. The number of amides is 1. The highest BCUT2D eigenvalue weighted by atomic mass is 32.3. The van der Waals surface area contributed by atoms with Gasteiger partial charge in [0.2, 0.25) is 12.8 Å². The van der Waals surface area contributed by atoms with Crippen LogP contribution in [0, 0.1) is 0 Å². The lowest BCUT2D eigenvalue weighted by Crippen LogP contribution is -2.23. The Kier molecular flexibility index (Phi) is 35.4. The molecule has 0 unspecified atom stereocenters. The molecular weight excluding hydrogens is 647 g/mol. The first-order valence-corrected chi connectivity index (χ1v) is 20.0. The minimum absolute atomic E-state index is 0.0800. The first kappa shape index (κ1) is 37.2. The van der Waals surface area contributed by atoms with Crippen molar-refractivity contribution in [1.29, 1.82) is 0 Å². The van der Waals surface area contributed by atoms with Crippen molar-refractivity contribution in [2.24, 2.45) is 9.98 Å². The third kappa shape index (κ3) is 33.3. The fraction of sp³-hybridized carbons (Fsp3) is 0.824. The molecular formula is C17H33N3O7S9. The molecule has 0 aromatic rings. The number of thioether (sulfide) groups is 8. The van der Waals surface area contributed by atoms with Crippen molar-refractivity contribution in [3.63, 3.8) is 0 Å². The molecule has 0 bridgehead atoms. The Labute approximate surface area is 252 Å². The monoisotopic (exact) mass is 679 g/mol. The van der Waals surface area contributed by atoms with Gasteiger partial charge >= 0.3 is 6.09 Å². The predicted molar refractivity (Wildman–Crippen MR) is 171 cm³/mol. The number of carbonyl (C=O) groups is 1. The molecule has 36 heavy (non-hydrogen) atoms. The standard InChI is InChI=1S/C17H33N3O7S9/c21-2-1-3-24-25-5-19-7-29-11-33-15-34-12-30-8-20-17(22)23-9-31-13-35-16-36-14-32-10-27-26-4-18-6-28/h4-5,21,28H,1-3,6-16H2,(H,20,22). The second-order valence-electron chi connectivity index (χ2n) is 5.38. The lowest BCUT2D eigenvalue weighted by molar-refractivity contribution is -0.217. The van der Waals surface area contributed by atoms with Crippen LogP contribution < -0.4 is 5.32 Å². The molecule has 0 radical (unpaired) electrons. The van der Waals surface area contributed by atoms with Crippen LogP contribution in [0.4, 0.5) is 4.79 Å². The van der Waals surface area contributed by atoms with Crippen LogP contribution in [0.5, 0.6) is 0 Å². The van der Waals surface area contributed by atoms with Crippen LogP contribution in [0.3, 0.4) is 0 Å². The number of thiol groups is 1. The van der Waals surface area contributed by atoms with Crippen molar-refractivity contribution in [1.82, 2.24) is 5.32 Å². The third-order valence-corrected chi connectivity index (χ3v) is 12.1. The van der Waals surface area contributed by atoms with E-state index in [4.69, 9.17) is 29.4 Å². The Morgan fingerprint density at radius 1 is 0.806 bits per heavy atom. The van der Waals surface area contributed by atoms with Crippen LogP contribution in [0.1, 0.15) is 6.42 Å². The van der Waals surface area contributed by atoms with Crippen molar-refractivity contribution in [3.8, 4) is 0 Å². The number of rotatable bonds is 28. The molecule has 0 aromatic carbocycles. The molecule has 0 heterocycles. The topological polar surface area (TPSA) is 120 Å². The molecule has 0 saturated carbocycles. The van der Waals surface area contributed by atoms with Crippen LogP contribution in [-0.2, 0) is 24.3 Å². The van der Waals surface area contributed by atoms with Gasteiger partial charge in [0.15, 0.2) is 0 Å². The van der Waals surface area contributed by atoms with Gasteiger partial charge in [-0.25, -0.2) is 14.8 Å². The van der Waals surface area contributed by atoms with Gasteiger partial charge < -0.3 is 24.9 Å². The van der Waals surface area contributed by atoms with Crippen molar-refractivity contribution in [2.45, 2.75) is 6.42 Å². The summed E-state index contributed by atoms with van der Waals surface area (Å²) in [6.07, 6.45) is 2.66. The summed E-state index contributed by atoms with van der Waals surface area (Å²) in [4.78, 5) is 38.5. The second kappa shape index (κ2) is 34.3. The molecule has 0 aliphatic carbocycles. The van der Waals surface area contributed by atoms with E-state index in [2.05, 4.69) is 27.9 Å². The van der Waals surface area contributed by atoms with Crippen LogP contribution in [0.15, 0.2) is 9.98 Å². The summed E-state index contributed by atoms with van der Waals surface area (Å²) in [5, 5.41) is 16.9. The van der Waals surface area contributed by atoms with Crippen LogP contribution in [0.25, 0.3) is 0 Å². The summed E-state index contributed by atoms with van der Waals surface area (Å²) >= 11 is 17.6. The molecule has 0 aliphatic heterocycles. The predicted octanol–water partition coefficient (Wildman–Crippen LogP) is 5.38. The molecule has 0 spiro atoms. The molecule has 0 fully saturated rings. The van der Waals surface area contributed by atoms with Gasteiger partial charge in [0.05, 0.1) is 24.2 Å². The Balaban J connectivity index is 3.19. The lowest BCUT2D eigenvalue weighted by Gasteiger charge is -2.07. The van der Waals surface area contributed by atoms with E-state index in [-0.39, 0.29) is 12.7 Å². The molecule has 0 atom stereocenters. The molecule has 19 heteroatoms. The Morgan fingerprint density at radius 2 is 1.42 bits per heavy atom. The summed E-state index contributed by atoms with van der Waals surface area (Å²) in [6.45, 7) is 0.426. The fourth-order valence-electron chi connectivity index (χ4n) is 1.36. The number of aliphatic hydroxyl groups excluding tert-OH is 1. The Hall–Kier alpha value is 1.24. The summed E-state index contributed by atoms with van der Waals surface area (Å²) in [5.74, 6) is 2.30. The summed E-state index contributed by atoms with van der Waals surface area (Å²) in [7, 11) is 0. The average molecular weight is 680 g/mol. The minimum atomic E-state index is -0.383. The van der Waals surface area contributed by atoms with Crippen LogP contribution in [0.2, 0.25) is 0 Å². The number of aliphatic hydroxyl groups is 1. The number of hydrogen-bond donors (Lipinski definition) is 3. The van der Waals surface area contributed by atoms with Gasteiger partial charge in [-0.05, 0) is 6.42 Å². The van der Waals surface area contributed by atoms with Crippen molar-refractivity contribution in [3.05, 3.63) is 0 Å². The van der Waals surface area contributed by atoms with E-state index >= 15 is 0 Å². The number of nitrogens with zero attached hydrogens (tertiary/aromatic N) is 2. The van der Waals surface area contributed by atoms with Crippen LogP contribution in [-0.4, -0.2) is 97.2 Å². The average Bonchev–Trinajstić information content (AvgIpc) is 2.88. The van der Waals surface area contributed by atoms with E-state index in [0.29, 0.717) is 42.5 Å². The highest BCUT2D eigenvalue weighted by Crippen LogP contribution is 2.22. The number of alkyl carbamates (subject to hydrolysis) is 1. The van der Waals surface area contributed by atoms with Gasteiger partial charge in [-0.2, -0.15) is 22.4 Å². The van der Waals surface area contributed by atoms with E-state index in [9.17, 15) is 4.79 Å². The SMILES string of the molecule is O=C(NCSCSCSCSCN=COOCCCO)OCSCSCSCSCOOC=NCS. The van der Waals surface area contributed by atoms with Gasteiger partial charge in [-0.15, -0.1) is 94.1 Å². The van der Waals surface area contributed by atoms with Crippen molar-refractivity contribution in [2.75, 3.05) is 73.2 Å². The molecule has 212 valence electrons. The molecule has 0 aromatic heterocycles. The van der Waals surface area contributed by atoms with Gasteiger partial charge in [0, 0.05) is 37.1 Å². The highest BCUT2D eigenvalue weighted by molar-refractivity contribution is 8.26. The number of nitrogens with one attached hydrogen (secondary N) is 1.